The minimum Gasteiger partial charge on any atom is -0.465 e. The van der Waals surface area contributed by atoms with Gasteiger partial charge in [0.15, 0.2) is 5.82 Å². The molecular weight excluding hydrogens is 320 g/mol. The number of nitrogens with zero attached hydrogens (tertiary/aromatic N) is 4. The predicted molar refractivity (Wildman–Crippen MR) is 92.5 cm³/mol. The molecule has 2 N–H and O–H groups in total. The molecule has 0 bridgehead atoms. The summed E-state index contributed by atoms with van der Waals surface area (Å²) in [6, 6.07) is 10.7. The molecular formula is C17H16N6O2. The maximum absolute atomic E-state index is 11.6. The Bertz CT molecular complexity index is 857. The molecule has 0 aliphatic heterocycles. The topological polar surface area (TPSA) is 102 Å². The number of carbonyl (C=O) groups excluding carboxylic acids is 1. The normalized spacial score (nSPS) is 10.1. The van der Waals surface area contributed by atoms with Crippen molar-refractivity contribution in [3.8, 4) is 0 Å². The molecule has 0 aliphatic carbocycles. The van der Waals surface area contributed by atoms with E-state index < -0.39 is 5.97 Å². The van der Waals surface area contributed by atoms with Crippen molar-refractivity contribution >= 4 is 23.4 Å². The lowest BCUT2D eigenvalue weighted by molar-refractivity contribution is 0.0601. The summed E-state index contributed by atoms with van der Waals surface area (Å²) in [5.74, 6) is 0.484. The Morgan fingerprint density at radius 3 is 2.92 bits per heavy atom. The van der Waals surface area contributed by atoms with Crippen LogP contribution < -0.4 is 10.6 Å². The van der Waals surface area contributed by atoms with Gasteiger partial charge >= 0.3 is 5.97 Å². The molecule has 0 atom stereocenters. The quantitative estimate of drug-likeness (QED) is 0.662. The molecule has 8 heteroatoms. The molecule has 126 valence electrons. The second-order valence-corrected chi connectivity index (χ2v) is 5.08. The highest BCUT2D eigenvalue weighted by molar-refractivity contribution is 5.90. The van der Waals surface area contributed by atoms with E-state index in [2.05, 4.69) is 30.8 Å². The van der Waals surface area contributed by atoms with Crippen LogP contribution in [0, 0.1) is 0 Å². The molecule has 0 radical (unpaired) electrons. The van der Waals surface area contributed by atoms with Crippen molar-refractivity contribution in [2.24, 2.45) is 0 Å². The molecule has 1 aromatic carbocycles. The van der Waals surface area contributed by atoms with Crippen LogP contribution in [-0.2, 0) is 11.3 Å². The first-order chi connectivity index (χ1) is 12.2. The molecule has 0 unspecified atom stereocenters. The number of hydrogen-bond donors (Lipinski definition) is 2. The van der Waals surface area contributed by atoms with Crippen LogP contribution >= 0.6 is 0 Å². The van der Waals surface area contributed by atoms with Crippen LogP contribution in [0.5, 0.6) is 0 Å². The van der Waals surface area contributed by atoms with Gasteiger partial charge in [-0.1, -0.05) is 12.1 Å². The highest BCUT2D eigenvalue weighted by atomic mass is 16.5. The first-order valence-corrected chi connectivity index (χ1v) is 7.52. The number of aromatic nitrogens is 4. The Morgan fingerprint density at radius 2 is 2.12 bits per heavy atom. The van der Waals surface area contributed by atoms with Crippen LogP contribution in [0.4, 0.5) is 17.5 Å². The fraction of sp³-hybridized carbons (Fsp3) is 0.118. The third kappa shape index (κ3) is 4.47. The van der Waals surface area contributed by atoms with Crippen molar-refractivity contribution in [1.29, 1.82) is 0 Å². The van der Waals surface area contributed by atoms with E-state index >= 15 is 0 Å². The van der Waals surface area contributed by atoms with Gasteiger partial charge in [-0.05, 0) is 29.8 Å². The Morgan fingerprint density at radius 1 is 1.20 bits per heavy atom. The number of esters is 1. The molecule has 0 aliphatic rings. The van der Waals surface area contributed by atoms with E-state index in [4.69, 9.17) is 4.74 Å². The molecule has 3 rings (SSSR count). The lowest BCUT2D eigenvalue weighted by atomic mass is 10.2. The molecule has 0 amide bonds. The lowest BCUT2D eigenvalue weighted by Crippen LogP contribution is -2.06. The smallest absolute Gasteiger partial charge is 0.337 e. The van der Waals surface area contributed by atoms with Crippen molar-refractivity contribution in [3.05, 3.63) is 66.1 Å². The van der Waals surface area contributed by atoms with Gasteiger partial charge in [-0.2, -0.15) is 10.1 Å². The zero-order chi connectivity index (χ0) is 17.5. The van der Waals surface area contributed by atoms with Crippen LogP contribution in [0.3, 0.4) is 0 Å². The van der Waals surface area contributed by atoms with Gasteiger partial charge in [-0.3, -0.25) is 4.98 Å². The minimum absolute atomic E-state index is 0.318. The second-order valence-electron chi connectivity index (χ2n) is 5.08. The monoisotopic (exact) mass is 336 g/mol. The summed E-state index contributed by atoms with van der Waals surface area (Å²) >= 11 is 0. The number of hydrogen-bond acceptors (Lipinski definition) is 8. The maximum Gasteiger partial charge on any atom is 0.337 e. The Kier molecular flexibility index (Phi) is 5.10. The molecule has 2 heterocycles. The van der Waals surface area contributed by atoms with Gasteiger partial charge in [-0.15, -0.1) is 5.10 Å². The number of methoxy groups -OCH3 is 1. The van der Waals surface area contributed by atoms with E-state index in [-0.39, 0.29) is 0 Å². The highest BCUT2D eigenvalue weighted by Gasteiger charge is 2.07. The van der Waals surface area contributed by atoms with Gasteiger partial charge in [0.1, 0.15) is 0 Å². The number of ether oxygens (including phenoxy) is 1. The average molecular weight is 336 g/mol. The number of carbonyl (C=O) groups is 1. The van der Waals surface area contributed by atoms with Crippen molar-refractivity contribution in [1.82, 2.24) is 20.2 Å². The second kappa shape index (κ2) is 7.82. The van der Waals surface area contributed by atoms with Gasteiger partial charge in [0, 0.05) is 24.6 Å². The fourth-order valence-corrected chi connectivity index (χ4v) is 2.11. The van der Waals surface area contributed by atoms with Crippen LogP contribution in [0.1, 0.15) is 15.9 Å². The lowest BCUT2D eigenvalue weighted by Gasteiger charge is -2.08. The number of rotatable bonds is 6. The molecule has 0 fully saturated rings. The van der Waals surface area contributed by atoms with Gasteiger partial charge in [0.05, 0.1) is 18.9 Å². The Labute approximate surface area is 144 Å². The van der Waals surface area contributed by atoms with E-state index in [1.54, 1.807) is 36.7 Å². The van der Waals surface area contributed by atoms with Crippen LogP contribution in [0.2, 0.25) is 0 Å². The average Bonchev–Trinajstić information content (AvgIpc) is 2.67. The summed E-state index contributed by atoms with van der Waals surface area (Å²) in [4.78, 5) is 20.0. The molecule has 3 aromatic rings. The van der Waals surface area contributed by atoms with Gasteiger partial charge in [0.2, 0.25) is 5.95 Å². The standard InChI is InChI=1S/C17H16N6O2/c1-25-16(24)13-5-2-6-14(8-13)21-17-22-15(11-20-23-17)19-10-12-4-3-7-18-9-12/h2-9,11H,10H2,1H3,(H2,19,21,22,23). The molecule has 2 aromatic heterocycles. The van der Waals surface area contributed by atoms with E-state index in [9.17, 15) is 4.79 Å². The van der Waals surface area contributed by atoms with Crippen molar-refractivity contribution in [2.75, 3.05) is 17.7 Å². The fourth-order valence-electron chi connectivity index (χ4n) is 2.11. The molecule has 8 nitrogen and oxygen atoms in total. The summed E-state index contributed by atoms with van der Waals surface area (Å²) in [6.45, 7) is 0.573. The third-order valence-electron chi connectivity index (χ3n) is 3.30. The molecule has 0 spiro atoms. The summed E-state index contributed by atoms with van der Waals surface area (Å²) in [5.41, 5.74) is 2.13. The minimum atomic E-state index is -0.408. The number of nitrogens with one attached hydrogen (secondary N) is 2. The molecule has 25 heavy (non-hydrogen) atoms. The largest absolute Gasteiger partial charge is 0.465 e. The summed E-state index contributed by atoms with van der Waals surface area (Å²) < 4.78 is 4.71. The SMILES string of the molecule is COC(=O)c1cccc(Nc2nncc(NCc3cccnc3)n2)c1. The van der Waals surface area contributed by atoms with E-state index in [1.165, 1.54) is 13.3 Å². The first-order valence-electron chi connectivity index (χ1n) is 7.52. The first kappa shape index (κ1) is 16.3. The van der Waals surface area contributed by atoms with Crippen LogP contribution in [0.25, 0.3) is 0 Å². The zero-order valence-electron chi connectivity index (χ0n) is 13.5. The summed E-state index contributed by atoms with van der Waals surface area (Å²) in [5, 5.41) is 14.0. The zero-order valence-corrected chi connectivity index (χ0v) is 13.5. The van der Waals surface area contributed by atoms with Crippen LogP contribution in [0.15, 0.2) is 55.0 Å². The van der Waals surface area contributed by atoms with E-state index in [1.807, 2.05) is 12.1 Å². The summed E-state index contributed by atoms with van der Waals surface area (Å²) in [6.07, 6.45) is 5.03. The third-order valence-corrected chi connectivity index (χ3v) is 3.30. The number of benzene rings is 1. The Hall–Kier alpha value is -3.55. The van der Waals surface area contributed by atoms with E-state index in [0.717, 1.165) is 5.56 Å². The molecule has 0 saturated heterocycles. The van der Waals surface area contributed by atoms with Crippen molar-refractivity contribution < 1.29 is 9.53 Å². The number of pyridine rings is 1. The Balaban J connectivity index is 1.68. The predicted octanol–water partition coefficient (Wildman–Crippen LogP) is 2.41. The molecule has 0 saturated carbocycles. The van der Waals surface area contributed by atoms with Crippen molar-refractivity contribution in [2.45, 2.75) is 6.54 Å². The highest BCUT2D eigenvalue weighted by Crippen LogP contribution is 2.16. The number of anilines is 3. The van der Waals surface area contributed by atoms with Gasteiger partial charge in [-0.25, -0.2) is 4.79 Å². The van der Waals surface area contributed by atoms with Gasteiger partial charge in [0.25, 0.3) is 0 Å². The maximum atomic E-state index is 11.6. The van der Waals surface area contributed by atoms with E-state index in [0.29, 0.717) is 29.6 Å². The summed E-state index contributed by atoms with van der Waals surface area (Å²) in [7, 11) is 1.34. The van der Waals surface area contributed by atoms with Crippen LogP contribution in [-0.4, -0.2) is 33.2 Å². The van der Waals surface area contributed by atoms with Gasteiger partial charge < -0.3 is 15.4 Å². The van der Waals surface area contributed by atoms with Crippen molar-refractivity contribution in [3.63, 3.8) is 0 Å².